The van der Waals surface area contributed by atoms with E-state index in [4.69, 9.17) is 0 Å². The fourth-order valence-corrected chi connectivity index (χ4v) is 2.80. The second-order valence-electron chi connectivity index (χ2n) is 6.04. The molecule has 2 aromatic carbocycles. The third kappa shape index (κ3) is 3.50. The molecule has 0 fully saturated rings. The first-order valence-corrected chi connectivity index (χ1v) is 8.28. The highest BCUT2D eigenvalue weighted by molar-refractivity contribution is 5.91. The Morgan fingerprint density at radius 3 is 2.50 bits per heavy atom. The van der Waals surface area contributed by atoms with Gasteiger partial charge in [-0.25, -0.2) is 18.4 Å². The van der Waals surface area contributed by atoms with Crippen LogP contribution in [-0.2, 0) is 11.2 Å². The number of nitrogens with one attached hydrogen (secondary N) is 2. The molecule has 2 heterocycles. The maximum Gasteiger partial charge on any atom is 0.290 e. The molecule has 9 heteroatoms. The highest BCUT2D eigenvalue weighted by Gasteiger charge is 2.15. The van der Waals surface area contributed by atoms with Crippen LogP contribution in [0.25, 0.3) is 16.8 Å². The molecule has 0 bridgehead atoms. The molecule has 2 N–H and O–H groups in total. The second-order valence-corrected chi connectivity index (χ2v) is 6.04. The van der Waals surface area contributed by atoms with E-state index in [1.54, 1.807) is 6.07 Å². The molecule has 0 aliphatic rings. The Bertz CT molecular complexity index is 1210. The molecule has 2 aromatic heterocycles. The van der Waals surface area contributed by atoms with Crippen LogP contribution < -0.4 is 10.9 Å². The van der Waals surface area contributed by atoms with Crippen molar-refractivity contribution >= 4 is 17.1 Å². The van der Waals surface area contributed by atoms with Crippen molar-refractivity contribution in [1.82, 2.24) is 19.8 Å². The number of nitrogens with zero attached hydrogens (tertiary/aromatic N) is 3. The number of carbonyl (C=O) groups excluding carboxylic acids is 1. The lowest BCUT2D eigenvalue weighted by Crippen LogP contribution is -2.22. The van der Waals surface area contributed by atoms with Crippen molar-refractivity contribution in [1.29, 1.82) is 0 Å². The van der Waals surface area contributed by atoms with Crippen molar-refractivity contribution in [2.45, 2.75) is 6.42 Å². The van der Waals surface area contributed by atoms with Gasteiger partial charge in [0.1, 0.15) is 17.2 Å². The van der Waals surface area contributed by atoms with Crippen molar-refractivity contribution in [2.24, 2.45) is 0 Å². The molecule has 0 aliphatic carbocycles. The Kier molecular flexibility index (Phi) is 4.40. The highest BCUT2D eigenvalue weighted by atomic mass is 19.1. The maximum absolute atomic E-state index is 13.3. The van der Waals surface area contributed by atoms with Gasteiger partial charge in [-0.05, 0) is 18.2 Å². The van der Waals surface area contributed by atoms with Crippen molar-refractivity contribution in [3.63, 3.8) is 0 Å². The van der Waals surface area contributed by atoms with Crippen LogP contribution in [0.4, 0.5) is 14.5 Å². The first-order valence-electron chi connectivity index (χ1n) is 8.28. The van der Waals surface area contributed by atoms with Crippen LogP contribution in [0.5, 0.6) is 0 Å². The maximum atomic E-state index is 13.3. The minimum atomic E-state index is -0.806. The van der Waals surface area contributed by atoms with Crippen LogP contribution in [0.15, 0.2) is 59.4 Å². The van der Waals surface area contributed by atoms with Gasteiger partial charge in [0.15, 0.2) is 5.82 Å². The summed E-state index contributed by atoms with van der Waals surface area (Å²) in [5.74, 6) is -2.01. The van der Waals surface area contributed by atoms with E-state index >= 15 is 0 Å². The van der Waals surface area contributed by atoms with E-state index in [0.717, 1.165) is 17.7 Å². The van der Waals surface area contributed by atoms with Crippen LogP contribution >= 0.6 is 0 Å². The van der Waals surface area contributed by atoms with Crippen LogP contribution in [0.3, 0.4) is 0 Å². The lowest BCUT2D eigenvalue weighted by Gasteiger charge is -2.06. The number of rotatable bonds is 4. The second kappa shape index (κ2) is 7.03. The number of H-pyrrole nitrogens is 1. The summed E-state index contributed by atoms with van der Waals surface area (Å²) >= 11 is 0. The fraction of sp³-hybridized carbons (Fsp3) is 0.0526. The summed E-state index contributed by atoms with van der Waals surface area (Å²) in [5.41, 5.74) is 1.11. The first kappa shape index (κ1) is 17.5. The highest BCUT2D eigenvalue weighted by Crippen LogP contribution is 2.18. The largest absolute Gasteiger partial charge is 0.325 e. The predicted octanol–water partition coefficient (Wildman–Crippen LogP) is 2.54. The molecule has 0 radical (unpaired) electrons. The number of anilines is 1. The molecular weight excluding hydrogens is 368 g/mol. The molecule has 28 heavy (non-hydrogen) atoms. The van der Waals surface area contributed by atoms with E-state index in [1.165, 1.54) is 4.52 Å². The van der Waals surface area contributed by atoms with Crippen LogP contribution in [0.1, 0.15) is 5.82 Å². The van der Waals surface area contributed by atoms with Crippen LogP contribution in [-0.4, -0.2) is 25.7 Å². The third-order valence-electron chi connectivity index (χ3n) is 4.01. The lowest BCUT2D eigenvalue weighted by atomic mass is 10.1. The number of halogens is 2. The van der Waals surface area contributed by atoms with E-state index in [-0.39, 0.29) is 23.4 Å². The standard InChI is InChI=1S/C19H13F2N5O2/c20-12-6-13(21)8-14(7-12)22-18(27)10-17-23-24-19(28)16-9-15(25-26(16)17)11-4-2-1-3-5-11/h1-9H,10H2,(H,22,27)(H,24,28). The van der Waals surface area contributed by atoms with Gasteiger partial charge in [-0.3, -0.25) is 9.59 Å². The Morgan fingerprint density at radius 1 is 1.07 bits per heavy atom. The van der Waals surface area contributed by atoms with E-state index in [0.29, 0.717) is 11.8 Å². The van der Waals surface area contributed by atoms with Gasteiger partial charge in [-0.15, -0.1) is 0 Å². The Hall–Kier alpha value is -3.88. The van der Waals surface area contributed by atoms with Crippen LogP contribution in [0.2, 0.25) is 0 Å². The molecule has 140 valence electrons. The number of hydrogen-bond donors (Lipinski definition) is 2. The number of carbonyl (C=O) groups is 1. The zero-order chi connectivity index (χ0) is 19.7. The van der Waals surface area contributed by atoms with Crippen molar-refractivity contribution in [3.8, 4) is 11.3 Å². The van der Waals surface area contributed by atoms with E-state index in [1.807, 2.05) is 30.3 Å². The SMILES string of the molecule is O=C(Cc1n[nH]c(=O)c2cc(-c3ccccc3)nn12)Nc1cc(F)cc(F)c1. The molecule has 7 nitrogen and oxygen atoms in total. The number of amides is 1. The molecule has 0 spiro atoms. The average Bonchev–Trinajstić information content (AvgIpc) is 3.10. The van der Waals surface area contributed by atoms with E-state index in [9.17, 15) is 18.4 Å². The molecular formula is C19H13F2N5O2. The minimum Gasteiger partial charge on any atom is -0.325 e. The minimum absolute atomic E-state index is 0.0198. The summed E-state index contributed by atoms with van der Waals surface area (Å²) in [6.07, 6.45) is -0.263. The summed E-state index contributed by atoms with van der Waals surface area (Å²) in [5, 5.41) is 13.0. The lowest BCUT2D eigenvalue weighted by molar-refractivity contribution is -0.115. The molecule has 0 aliphatic heterocycles. The first-order chi connectivity index (χ1) is 13.5. The van der Waals surface area contributed by atoms with Gasteiger partial charge in [0.05, 0.1) is 12.1 Å². The molecule has 0 atom stereocenters. The summed E-state index contributed by atoms with van der Waals surface area (Å²) in [6, 6.07) is 13.5. The number of benzene rings is 2. The Labute approximate surface area is 156 Å². The topological polar surface area (TPSA) is 92.2 Å². The smallest absolute Gasteiger partial charge is 0.290 e. The predicted molar refractivity (Wildman–Crippen MR) is 97.7 cm³/mol. The summed E-state index contributed by atoms with van der Waals surface area (Å²) in [7, 11) is 0. The quantitative estimate of drug-likeness (QED) is 0.568. The summed E-state index contributed by atoms with van der Waals surface area (Å²) in [6.45, 7) is 0. The fourth-order valence-electron chi connectivity index (χ4n) is 2.80. The van der Waals surface area contributed by atoms with E-state index in [2.05, 4.69) is 20.6 Å². The average molecular weight is 381 g/mol. The summed E-state index contributed by atoms with van der Waals surface area (Å²) < 4.78 is 27.8. The van der Waals surface area contributed by atoms with Crippen LogP contribution in [0, 0.1) is 11.6 Å². The van der Waals surface area contributed by atoms with Crippen molar-refractivity contribution in [3.05, 3.63) is 82.4 Å². The molecule has 0 saturated carbocycles. The van der Waals surface area contributed by atoms with Gasteiger partial charge in [0.2, 0.25) is 5.91 Å². The molecule has 0 saturated heterocycles. The van der Waals surface area contributed by atoms with Crippen molar-refractivity contribution < 1.29 is 13.6 Å². The zero-order valence-corrected chi connectivity index (χ0v) is 14.3. The number of fused-ring (bicyclic) bond motifs is 1. The Morgan fingerprint density at radius 2 is 1.79 bits per heavy atom. The Balaban J connectivity index is 1.65. The monoisotopic (exact) mass is 381 g/mol. The molecule has 4 rings (SSSR count). The van der Waals surface area contributed by atoms with Gasteiger partial charge < -0.3 is 5.32 Å². The van der Waals surface area contributed by atoms with Crippen molar-refractivity contribution in [2.75, 3.05) is 5.32 Å². The van der Waals surface area contributed by atoms with Gasteiger partial charge in [0, 0.05) is 17.3 Å². The third-order valence-corrected chi connectivity index (χ3v) is 4.01. The van der Waals surface area contributed by atoms with E-state index < -0.39 is 23.1 Å². The normalized spacial score (nSPS) is 10.9. The zero-order valence-electron chi connectivity index (χ0n) is 14.3. The molecule has 1 amide bonds. The molecule has 4 aromatic rings. The summed E-state index contributed by atoms with van der Waals surface area (Å²) in [4.78, 5) is 24.3. The van der Waals surface area contributed by atoms with Gasteiger partial charge in [-0.2, -0.15) is 10.2 Å². The van der Waals surface area contributed by atoms with Gasteiger partial charge in [-0.1, -0.05) is 30.3 Å². The number of hydrogen-bond acceptors (Lipinski definition) is 4. The number of aromatic amines is 1. The van der Waals surface area contributed by atoms with Gasteiger partial charge >= 0.3 is 0 Å². The molecule has 0 unspecified atom stereocenters. The van der Waals surface area contributed by atoms with Gasteiger partial charge in [0.25, 0.3) is 5.56 Å². The number of aromatic nitrogens is 4.